The van der Waals surface area contributed by atoms with Gasteiger partial charge in [-0.25, -0.2) is 4.68 Å². The van der Waals surface area contributed by atoms with Crippen molar-refractivity contribution < 1.29 is 0 Å². The molecule has 0 fully saturated rings. The van der Waals surface area contributed by atoms with Gasteiger partial charge in [0.15, 0.2) is 0 Å². The van der Waals surface area contributed by atoms with E-state index in [1.807, 2.05) is 0 Å². The number of para-hydroxylation sites is 2. The summed E-state index contributed by atoms with van der Waals surface area (Å²) in [5.74, 6) is 0. The molecule has 3 aliphatic rings. The zero-order valence-electron chi connectivity index (χ0n) is 22.3. The molecule has 1 aromatic heterocycles. The number of aryl methyl sites for hydroxylation is 2. The number of rotatable bonds is 2. The van der Waals surface area contributed by atoms with E-state index >= 15 is 0 Å². The van der Waals surface area contributed by atoms with E-state index in [4.69, 9.17) is 5.10 Å². The molecule has 0 atom stereocenters. The normalized spacial score (nSPS) is 14.6. The Bertz CT molecular complexity index is 1820. The van der Waals surface area contributed by atoms with E-state index in [1.165, 1.54) is 50.2 Å². The maximum atomic E-state index is 4.82. The molecule has 0 unspecified atom stereocenters. The Labute approximate surface area is 229 Å². The lowest BCUT2D eigenvalue weighted by molar-refractivity contribution is 0.496. The van der Waals surface area contributed by atoms with E-state index in [2.05, 4.69) is 144 Å². The Balaban J connectivity index is 1.41. The van der Waals surface area contributed by atoms with Crippen LogP contribution in [0.5, 0.6) is 0 Å². The third-order valence-corrected chi connectivity index (χ3v) is 8.29. The van der Waals surface area contributed by atoms with Gasteiger partial charge in [-0.2, -0.15) is 5.10 Å². The van der Waals surface area contributed by atoms with Crippen molar-refractivity contribution in [1.29, 1.82) is 0 Å². The molecule has 4 heterocycles. The molecule has 0 N–H and O–H groups in total. The quantitative estimate of drug-likeness (QED) is 0.293. The van der Waals surface area contributed by atoms with Crippen molar-refractivity contribution in [3.8, 4) is 27.9 Å². The first-order valence-electron chi connectivity index (χ1n) is 13.5. The van der Waals surface area contributed by atoms with Gasteiger partial charge in [0, 0.05) is 53.3 Å². The van der Waals surface area contributed by atoms with Crippen LogP contribution >= 0.6 is 0 Å². The Kier molecular flexibility index (Phi) is 4.66. The smallest absolute Gasteiger partial charge is 0.329 e. The minimum Gasteiger partial charge on any atom is -0.376 e. The second kappa shape index (κ2) is 8.14. The molecule has 0 saturated carbocycles. The minimum atomic E-state index is 0.0426. The topological polar surface area (TPSA) is 27.5 Å². The first-order valence-corrected chi connectivity index (χ1v) is 13.5. The highest BCUT2D eigenvalue weighted by molar-refractivity contribution is 6.92. The van der Waals surface area contributed by atoms with Crippen molar-refractivity contribution in [3.05, 3.63) is 115 Å². The van der Waals surface area contributed by atoms with Crippen molar-refractivity contribution in [2.24, 2.45) is 0 Å². The highest BCUT2D eigenvalue weighted by atomic mass is 15.3. The van der Waals surface area contributed by atoms with Crippen molar-refractivity contribution in [2.75, 3.05) is 23.4 Å². The van der Waals surface area contributed by atoms with Gasteiger partial charge in [-0.05, 0) is 78.4 Å². The van der Waals surface area contributed by atoms with Gasteiger partial charge in [0.05, 0.1) is 18.1 Å². The summed E-state index contributed by atoms with van der Waals surface area (Å²) in [6.07, 6.45) is 4.30. The summed E-state index contributed by atoms with van der Waals surface area (Å²) in [5.41, 5.74) is 14.7. The number of nitrogens with zero attached hydrogens (tertiary/aromatic N) is 5. The van der Waals surface area contributed by atoms with E-state index in [1.54, 1.807) is 0 Å². The summed E-state index contributed by atoms with van der Waals surface area (Å²) in [6.45, 7) is 5.08. The Morgan fingerprint density at radius 3 is 1.87 bits per heavy atom. The first-order chi connectivity index (χ1) is 19.1. The van der Waals surface area contributed by atoms with E-state index < -0.39 is 0 Å². The maximum Gasteiger partial charge on any atom is 0.329 e. The van der Waals surface area contributed by atoms with Crippen LogP contribution in [0.1, 0.15) is 11.4 Å². The summed E-state index contributed by atoms with van der Waals surface area (Å²) in [7, 11) is 2.11. The molecule has 6 heteroatoms. The lowest BCUT2D eigenvalue weighted by atomic mass is 9.43. The Morgan fingerprint density at radius 2 is 1.28 bits per heavy atom. The third kappa shape index (κ3) is 3.24. The molecule has 0 aliphatic carbocycles. The van der Waals surface area contributed by atoms with Crippen LogP contribution in [0, 0.1) is 13.8 Å². The number of anilines is 3. The fourth-order valence-electron chi connectivity index (χ4n) is 6.62. The molecule has 0 bridgehead atoms. The lowest BCUT2D eigenvalue weighted by Gasteiger charge is -2.43. The first kappa shape index (κ1) is 22.3. The fraction of sp³-hybridized carbons (Fsp3) is 0.121. The standard InChI is InChI=1S/C33H28BN5/c1-22-18-23(2)39(35-22)25-13-15-27-29-9-5-7-11-33(29)38-32-10-6-4-8-28(32)26-14-12-24(37-17-16-36(3)21-37)19-30(26)34(38)31(27)20-25/h4-20H,21H2,1-3H3. The van der Waals surface area contributed by atoms with Gasteiger partial charge >= 0.3 is 6.85 Å². The number of benzene rings is 4. The van der Waals surface area contributed by atoms with Gasteiger partial charge in [0.25, 0.3) is 0 Å². The second-order valence-electron chi connectivity index (χ2n) is 10.9. The predicted octanol–water partition coefficient (Wildman–Crippen LogP) is 5.57. The number of hydrogen-bond acceptors (Lipinski definition) is 4. The molecular weight excluding hydrogens is 477 g/mol. The summed E-state index contributed by atoms with van der Waals surface area (Å²) in [6, 6.07) is 33.7. The number of aromatic nitrogens is 2. The van der Waals surface area contributed by atoms with Gasteiger partial charge in [0.2, 0.25) is 0 Å². The average molecular weight is 505 g/mol. The van der Waals surface area contributed by atoms with Gasteiger partial charge in [-0.1, -0.05) is 48.5 Å². The number of fused-ring (bicyclic) bond motifs is 11. The molecule has 8 rings (SSSR count). The van der Waals surface area contributed by atoms with Gasteiger partial charge in [-0.15, -0.1) is 0 Å². The molecule has 3 aliphatic heterocycles. The van der Waals surface area contributed by atoms with E-state index in [-0.39, 0.29) is 6.85 Å². The zero-order chi connectivity index (χ0) is 26.2. The molecule has 39 heavy (non-hydrogen) atoms. The van der Waals surface area contributed by atoms with Crippen LogP contribution < -0.4 is 20.6 Å². The average Bonchev–Trinajstić information content (AvgIpc) is 3.56. The molecule has 5 aromatic rings. The SMILES string of the molecule is Cc1cc(C)n(-c2ccc3c(c2)B2c4cc(N5C=CN(C)C5)ccc4-c4ccccc4N2c2ccccc2-3)n1. The largest absolute Gasteiger partial charge is 0.376 e. The van der Waals surface area contributed by atoms with Crippen LogP contribution in [0.4, 0.5) is 17.1 Å². The Morgan fingerprint density at radius 1 is 0.667 bits per heavy atom. The van der Waals surface area contributed by atoms with Crippen LogP contribution in [0.15, 0.2) is 103 Å². The van der Waals surface area contributed by atoms with Crippen molar-refractivity contribution in [3.63, 3.8) is 0 Å². The molecule has 0 amide bonds. The minimum absolute atomic E-state index is 0.0426. The lowest BCUT2D eigenvalue weighted by Crippen LogP contribution is -2.59. The van der Waals surface area contributed by atoms with Crippen molar-refractivity contribution >= 4 is 34.8 Å². The van der Waals surface area contributed by atoms with Crippen molar-refractivity contribution in [1.82, 2.24) is 14.7 Å². The molecule has 4 aromatic carbocycles. The van der Waals surface area contributed by atoms with Gasteiger partial charge < -0.3 is 14.6 Å². The maximum absolute atomic E-state index is 4.82. The highest BCUT2D eigenvalue weighted by Gasteiger charge is 2.42. The van der Waals surface area contributed by atoms with Crippen LogP contribution in [0.25, 0.3) is 27.9 Å². The van der Waals surface area contributed by atoms with E-state index in [0.29, 0.717) is 0 Å². The fourth-order valence-corrected chi connectivity index (χ4v) is 6.62. The van der Waals surface area contributed by atoms with Gasteiger partial charge in [-0.3, -0.25) is 0 Å². The van der Waals surface area contributed by atoms with Crippen LogP contribution in [0.2, 0.25) is 0 Å². The Hall–Kier alpha value is -4.71. The molecule has 0 spiro atoms. The van der Waals surface area contributed by atoms with Crippen molar-refractivity contribution in [2.45, 2.75) is 13.8 Å². The molecule has 0 saturated heterocycles. The number of hydrogen-bond donors (Lipinski definition) is 0. The molecule has 0 radical (unpaired) electrons. The van der Waals surface area contributed by atoms with Crippen LogP contribution in [0.3, 0.4) is 0 Å². The van der Waals surface area contributed by atoms with Gasteiger partial charge in [0.1, 0.15) is 0 Å². The summed E-state index contributed by atoms with van der Waals surface area (Å²) >= 11 is 0. The summed E-state index contributed by atoms with van der Waals surface area (Å²) < 4.78 is 2.07. The molecule has 5 nitrogen and oxygen atoms in total. The van der Waals surface area contributed by atoms with Crippen LogP contribution in [-0.2, 0) is 0 Å². The zero-order valence-corrected chi connectivity index (χ0v) is 22.3. The van der Waals surface area contributed by atoms with Crippen LogP contribution in [-0.4, -0.2) is 35.2 Å². The highest BCUT2D eigenvalue weighted by Crippen LogP contribution is 2.46. The third-order valence-electron chi connectivity index (χ3n) is 8.29. The predicted molar refractivity (Wildman–Crippen MR) is 162 cm³/mol. The molecular formula is C33H28BN5. The summed E-state index contributed by atoms with van der Waals surface area (Å²) in [4.78, 5) is 7.07. The molecule has 188 valence electrons. The monoisotopic (exact) mass is 505 g/mol. The van der Waals surface area contributed by atoms with E-state index in [0.717, 1.165) is 23.7 Å². The van der Waals surface area contributed by atoms with E-state index in [9.17, 15) is 0 Å². The summed E-state index contributed by atoms with van der Waals surface area (Å²) in [5, 5.41) is 4.82. The second-order valence-corrected chi connectivity index (χ2v) is 10.9.